The lowest BCUT2D eigenvalue weighted by Crippen LogP contribution is -2.52. The summed E-state index contributed by atoms with van der Waals surface area (Å²) in [6.45, 7) is 0. The van der Waals surface area contributed by atoms with Gasteiger partial charge >= 0.3 is 24.1 Å². The van der Waals surface area contributed by atoms with Crippen LogP contribution in [0.25, 0.3) is 0 Å². The Hall–Kier alpha value is -3.87. The van der Waals surface area contributed by atoms with Crippen molar-refractivity contribution in [1.82, 2.24) is 5.32 Å². The van der Waals surface area contributed by atoms with Crippen molar-refractivity contribution < 1.29 is 51.7 Å². The van der Waals surface area contributed by atoms with Crippen LogP contribution in [-0.4, -0.2) is 47.2 Å². The molecule has 35 heavy (non-hydrogen) atoms. The number of methoxy groups -OCH3 is 1. The summed E-state index contributed by atoms with van der Waals surface area (Å²) in [6.07, 6.45) is -6.07. The number of carbonyl (C=O) groups excluding carboxylic acids is 2. The fraction of sp³-hybridized carbons (Fsp3) is 0.238. The van der Waals surface area contributed by atoms with Crippen LogP contribution >= 0.6 is 11.6 Å². The second kappa shape index (κ2) is 9.06. The Morgan fingerprint density at radius 3 is 2.34 bits per heavy atom. The molecule has 2 atom stereocenters. The number of carboxylic acid groups (broad SMARTS) is 2. The first kappa shape index (κ1) is 25.7. The molecule has 0 aromatic heterocycles. The zero-order chi connectivity index (χ0) is 26.3. The molecule has 0 fully saturated rings. The molecule has 9 nitrogen and oxygen atoms in total. The number of carbonyl (C=O) groups is 4. The van der Waals surface area contributed by atoms with Gasteiger partial charge in [-0.15, -0.1) is 0 Å². The Bertz CT molecular complexity index is 1240. The smallest absolute Gasteiger partial charge is 0.416 e. The Morgan fingerprint density at radius 1 is 1.14 bits per heavy atom. The maximum atomic E-state index is 16.6. The van der Waals surface area contributed by atoms with Crippen LogP contribution in [0.3, 0.4) is 0 Å². The molecule has 1 aliphatic heterocycles. The molecule has 0 unspecified atom stereocenters. The van der Waals surface area contributed by atoms with Crippen LogP contribution in [0.4, 0.5) is 28.0 Å². The van der Waals surface area contributed by atoms with Crippen molar-refractivity contribution in [2.45, 2.75) is 24.3 Å². The van der Waals surface area contributed by atoms with E-state index in [0.29, 0.717) is 18.2 Å². The number of imide groups is 1. The second-order valence-electron chi connectivity index (χ2n) is 7.31. The van der Waals surface area contributed by atoms with Gasteiger partial charge in [-0.2, -0.15) is 13.2 Å². The molecule has 0 radical (unpaired) electrons. The lowest BCUT2D eigenvalue weighted by Gasteiger charge is -2.23. The highest BCUT2D eigenvalue weighted by Gasteiger charge is 2.57. The fourth-order valence-corrected chi connectivity index (χ4v) is 3.73. The topological polar surface area (TPSA) is 133 Å². The van der Waals surface area contributed by atoms with Crippen LogP contribution in [0.5, 0.6) is 5.75 Å². The molecule has 2 aromatic carbocycles. The highest BCUT2D eigenvalue weighted by atomic mass is 35.5. The van der Waals surface area contributed by atoms with E-state index in [1.54, 1.807) is 5.32 Å². The van der Waals surface area contributed by atoms with Gasteiger partial charge in [0.1, 0.15) is 11.8 Å². The number of urea groups is 1. The summed E-state index contributed by atoms with van der Waals surface area (Å²) >= 11 is 5.93. The molecule has 1 aliphatic rings. The van der Waals surface area contributed by atoms with E-state index in [1.165, 1.54) is 12.1 Å². The molecule has 0 aliphatic carbocycles. The quantitative estimate of drug-likeness (QED) is 0.498. The molecule has 3 N–H and O–H groups in total. The first-order chi connectivity index (χ1) is 16.2. The second-order valence-corrected chi connectivity index (χ2v) is 7.75. The Balaban J connectivity index is 2.21. The number of anilines is 1. The van der Waals surface area contributed by atoms with Crippen LogP contribution in [-0.2, 0) is 26.2 Å². The summed E-state index contributed by atoms with van der Waals surface area (Å²) < 4.78 is 61.7. The summed E-state index contributed by atoms with van der Waals surface area (Å²) in [6, 6.07) is 1.28. The van der Waals surface area contributed by atoms with Crippen molar-refractivity contribution in [3.63, 3.8) is 0 Å². The predicted molar refractivity (Wildman–Crippen MR) is 111 cm³/mol. The molecule has 2 aromatic rings. The molecular formula is C21H15ClF4N2O7. The number of alkyl halides is 4. The molecule has 14 heteroatoms. The number of rotatable bonds is 6. The highest BCUT2D eigenvalue weighted by molar-refractivity contribution is 6.31. The average Bonchev–Trinajstić information content (AvgIpc) is 2.99. The summed E-state index contributed by atoms with van der Waals surface area (Å²) in [5, 5.41) is 19.7. The van der Waals surface area contributed by atoms with E-state index in [-0.39, 0.29) is 15.7 Å². The number of benzene rings is 2. The molecule has 3 amide bonds. The molecule has 0 saturated carbocycles. The van der Waals surface area contributed by atoms with Gasteiger partial charge in [-0.05, 0) is 30.3 Å². The normalized spacial score (nSPS) is 18.1. The van der Waals surface area contributed by atoms with Crippen molar-refractivity contribution in [1.29, 1.82) is 0 Å². The van der Waals surface area contributed by atoms with Crippen molar-refractivity contribution in [2.75, 3.05) is 12.0 Å². The number of hydrogen-bond acceptors (Lipinski definition) is 5. The number of nitrogens with zero attached hydrogens (tertiary/aromatic N) is 1. The van der Waals surface area contributed by atoms with Gasteiger partial charge in [0, 0.05) is 16.1 Å². The van der Waals surface area contributed by atoms with E-state index in [0.717, 1.165) is 13.2 Å². The van der Waals surface area contributed by atoms with Gasteiger partial charge in [-0.25, -0.2) is 18.9 Å². The first-order valence-corrected chi connectivity index (χ1v) is 9.93. The Morgan fingerprint density at radius 2 is 1.80 bits per heavy atom. The van der Waals surface area contributed by atoms with Crippen molar-refractivity contribution in [3.8, 4) is 5.75 Å². The number of halogens is 5. The summed E-state index contributed by atoms with van der Waals surface area (Å²) in [7, 11) is 1.14. The monoisotopic (exact) mass is 518 g/mol. The number of hydrogen-bond donors (Lipinski definition) is 3. The molecule has 1 heterocycles. The molecule has 0 saturated heterocycles. The van der Waals surface area contributed by atoms with Gasteiger partial charge < -0.3 is 20.3 Å². The third-order valence-corrected chi connectivity index (χ3v) is 5.38. The number of fused-ring (bicyclic) bond motifs is 1. The summed E-state index contributed by atoms with van der Waals surface area (Å²) in [5.41, 5.74) is -6.61. The van der Waals surface area contributed by atoms with E-state index in [4.69, 9.17) is 26.6 Å². The van der Waals surface area contributed by atoms with Gasteiger partial charge in [-0.1, -0.05) is 17.7 Å². The minimum absolute atomic E-state index is 0.0112. The minimum Gasteiger partial charge on any atom is -0.496 e. The molecule has 0 spiro atoms. The largest absolute Gasteiger partial charge is 0.496 e. The van der Waals surface area contributed by atoms with Crippen molar-refractivity contribution in [2.24, 2.45) is 0 Å². The molecule has 186 valence electrons. The number of carboxylic acids is 2. The summed E-state index contributed by atoms with van der Waals surface area (Å²) in [4.78, 5) is 48.4. The van der Waals surface area contributed by atoms with Gasteiger partial charge in [0.15, 0.2) is 0 Å². The third kappa shape index (κ3) is 4.58. The van der Waals surface area contributed by atoms with Crippen molar-refractivity contribution in [3.05, 3.63) is 58.1 Å². The van der Waals surface area contributed by atoms with Gasteiger partial charge in [0.2, 0.25) is 5.67 Å². The zero-order valence-electron chi connectivity index (χ0n) is 17.5. The maximum Gasteiger partial charge on any atom is 0.416 e. The molecular weight excluding hydrogens is 504 g/mol. The van der Waals surface area contributed by atoms with E-state index in [2.05, 4.69) is 0 Å². The van der Waals surface area contributed by atoms with Crippen LogP contribution in [0, 0.1) is 0 Å². The first-order valence-electron chi connectivity index (χ1n) is 9.56. The van der Waals surface area contributed by atoms with Crippen LogP contribution < -0.4 is 15.0 Å². The average molecular weight is 519 g/mol. The van der Waals surface area contributed by atoms with E-state index >= 15 is 4.39 Å². The van der Waals surface area contributed by atoms with Gasteiger partial charge in [-0.3, -0.25) is 9.59 Å². The number of aliphatic carboxylic acids is 2. The SMILES string of the molecule is COc1ccc(Cl)cc1[C@]1(F)C(=O)N(C(=O)N[C@@H](CC(=O)O)C(=O)O)c2cc(C(F)(F)F)ccc21. The maximum absolute atomic E-state index is 16.6. The van der Waals surface area contributed by atoms with Gasteiger partial charge in [0.25, 0.3) is 5.91 Å². The van der Waals surface area contributed by atoms with E-state index in [1.807, 2.05) is 0 Å². The minimum atomic E-state index is -4.94. The highest BCUT2D eigenvalue weighted by Crippen LogP contribution is 2.51. The third-order valence-electron chi connectivity index (χ3n) is 5.15. The number of amides is 3. The van der Waals surface area contributed by atoms with Crippen LogP contribution in [0.1, 0.15) is 23.1 Å². The van der Waals surface area contributed by atoms with Crippen molar-refractivity contribution >= 4 is 41.2 Å². The fourth-order valence-electron chi connectivity index (χ4n) is 3.56. The number of ether oxygens (including phenoxy) is 1. The number of nitrogens with one attached hydrogen (secondary N) is 1. The lowest BCUT2D eigenvalue weighted by molar-refractivity contribution is -0.145. The van der Waals surface area contributed by atoms with Crippen LogP contribution in [0.2, 0.25) is 5.02 Å². The standard InChI is InChI=1S/C21H15ClF4N2O7/c1-35-15-5-3-10(22)7-12(15)20(23)11-4-2-9(21(24,25)26)6-14(11)28(18(20)33)19(34)27-13(17(31)32)8-16(29)30/h2-7,13H,8H2,1H3,(H,27,34)(H,29,30)(H,31,32)/t13-,20-/m0/s1. The molecule has 0 bridgehead atoms. The Labute approximate surface area is 198 Å². The zero-order valence-corrected chi connectivity index (χ0v) is 18.3. The molecule has 3 rings (SSSR count). The van der Waals surface area contributed by atoms with E-state index < -0.39 is 70.6 Å². The Kier molecular flexibility index (Phi) is 6.66. The lowest BCUT2D eigenvalue weighted by atomic mass is 9.88. The van der Waals surface area contributed by atoms with E-state index in [9.17, 15) is 32.3 Å². The predicted octanol–water partition coefficient (Wildman–Crippen LogP) is 3.56. The van der Waals surface area contributed by atoms with Gasteiger partial charge in [0.05, 0.1) is 24.8 Å². The summed E-state index contributed by atoms with van der Waals surface area (Å²) in [5.74, 6) is -5.34. The van der Waals surface area contributed by atoms with Crippen LogP contribution in [0.15, 0.2) is 36.4 Å².